The molecule has 0 bridgehead atoms. The van der Waals surface area contributed by atoms with E-state index in [0.29, 0.717) is 25.4 Å². The summed E-state index contributed by atoms with van der Waals surface area (Å²) in [4.78, 5) is 11.8. The van der Waals surface area contributed by atoms with Crippen LogP contribution in [0.1, 0.15) is 34.8 Å². The maximum absolute atomic E-state index is 11.8. The lowest BCUT2D eigenvalue weighted by Crippen LogP contribution is -2.11. The fraction of sp³-hybridized carbons (Fsp3) is 0.500. The van der Waals surface area contributed by atoms with Crippen molar-refractivity contribution < 1.29 is 14.3 Å². The molecule has 0 spiro atoms. The normalized spacial score (nSPS) is 13.4. The van der Waals surface area contributed by atoms with Gasteiger partial charge in [0.15, 0.2) is 0 Å². The largest absolute Gasteiger partial charge is 0.460 e. The lowest BCUT2D eigenvalue weighted by atomic mass is 10.1. The van der Waals surface area contributed by atoms with Crippen LogP contribution < -0.4 is 5.32 Å². The van der Waals surface area contributed by atoms with E-state index in [4.69, 9.17) is 9.47 Å². The molecule has 0 saturated carbocycles. The number of esters is 1. The molecule has 0 aliphatic carbocycles. The zero-order chi connectivity index (χ0) is 12.8. The average Bonchev–Trinajstić information content (AvgIpc) is 2.85. The van der Waals surface area contributed by atoms with Crippen molar-refractivity contribution in [2.75, 3.05) is 19.8 Å². The van der Waals surface area contributed by atoms with E-state index in [-0.39, 0.29) is 5.97 Å². The highest BCUT2D eigenvalue weighted by molar-refractivity contribution is 5.89. The molecule has 0 fully saturated rings. The maximum Gasteiger partial charge on any atom is 0.338 e. The molecule has 1 heterocycles. The summed E-state index contributed by atoms with van der Waals surface area (Å²) in [5, 5.41) is 3.25. The number of hydrogen-bond acceptors (Lipinski definition) is 4. The molecule has 0 radical (unpaired) electrons. The molecule has 18 heavy (non-hydrogen) atoms. The molecule has 1 aliphatic rings. The van der Waals surface area contributed by atoms with Gasteiger partial charge in [0.05, 0.1) is 12.2 Å². The zero-order valence-electron chi connectivity index (χ0n) is 10.7. The van der Waals surface area contributed by atoms with E-state index in [1.165, 1.54) is 11.1 Å². The summed E-state index contributed by atoms with van der Waals surface area (Å²) in [5.41, 5.74) is 3.07. The summed E-state index contributed by atoms with van der Waals surface area (Å²) in [6, 6.07) is 5.71. The summed E-state index contributed by atoms with van der Waals surface area (Å²) in [6.45, 7) is 5.25. The maximum atomic E-state index is 11.8. The third kappa shape index (κ3) is 3.31. The number of nitrogens with one attached hydrogen (secondary N) is 1. The SMILES string of the molecule is CCCOCCOC(=O)c1ccc2c(c1)CNC2. The molecule has 1 aromatic carbocycles. The van der Waals surface area contributed by atoms with Crippen molar-refractivity contribution in [3.63, 3.8) is 0 Å². The molecule has 98 valence electrons. The predicted molar refractivity (Wildman–Crippen MR) is 68.4 cm³/mol. The van der Waals surface area contributed by atoms with Gasteiger partial charge in [0.1, 0.15) is 6.61 Å². The van der Waals surface area contributed by atoms with Gasteiger partial charge in [-0.3, -0.25) is 0 Å². The Hall–Kier alpha value is -1.39. The molecule has 0 unspecified atom stereocenters. The van der Waals surface area contributed by atoms with Gasteiger partial charge in [0.25, 0.3) is 0 Å². The third-order valence-corrected chi connectivity index (χ3v) is 2.88. The lowest BCUT2D eigenvalue weighted by Gasteiger charge is -2.06. The Morgan fingerprint density at radius 2 is 2.06 bits per heavy atom. The van der Waals surface area contributed by atoms with Crippen molar-refractivity contribution in [1.82, 2.24) is 5.32 Å². The van der Waals surface area contributed by atoms with Crippen LogP contribution in [0.4, 0.5) is 0 Å². The van der Waals surface area contributed by atoms with Crippen molar-refractivity contribution >= 4 is 5.97 Å². The quantitative estimate of drug-likeness (QED) is 0.617. The third-order valence-electron chi connectivity index (χ3n) is 2.88. The Balaban J connectivity index is 1.82. The minimum Gasteiger partial charge on any atom is -0.460 e. The van der Waals surface area contributed by atoms with Crippen LogP contribution >= 0.6 is 0 Å². The second kappa shape index (κ2) is 6.52. The lowest BCUT2D eigenvalue weighted by molar-refractivity contribution is 0.0318. The molecule has 4 nitrogen and oxygen atoms in total. The van der Waals surface area contributed by atoms with Gasteiger partial charge in [-0.25, -0.2) is 4.79 Å². The van der Waals surface area contributed by atoms with E-state index in [1.54, 1.807) is 0 Å². The first-order valence-electron chi connectivity index (χ1n) is 6.38. The number of ether oxygens (including phenoxy) is 2. The van der Waals surface area contributed by atoms with Gasteiger partial charge in [-0.15, -0.1) is 0 Å². The molecule has 1 aliphatic heterocycles. The van der Waals surface area contributed by atoms with Gasteiger partial charge < -0.3 is 14.8 Å². The van der Waals surface area contributed by atoms with Gasteiger partial charge in [-0.2, -0.15) is 0 Å². The Morgan fingerprint density at radius 1 is 1.22 bits per heavy atom. The molecule has 0 amide bonds. The van der Waals surface area contributed by atoms with E-state index in [9.17, 15) is 4.79 Å². The molecular weight excluding hydrogens is 230 g/mol. The molecule has 0 saturated heterocycles. The van der Waals surface area contributed by atoms with Crippen molar-refractivity contribution in [3.8, 4) is 0 Å². The smallest absolute Gasteiger partial charge is 0.338 e. The first kappa shape index (κ1) is 13.1. The minimum absolute atomic E-state index is 0.273. The van der Waals surface area contributed by atoms with Crippen LogP contribution in [-0.4, -0.2) is 25.8 Å². The highest BCUT2D eigenvalue weighted by atomic mass is 16.6. The number of benzene rings is 1. The van der Waals surface area contributed by atoms with Crippen molar-refractivity contribution in [3.05, 3.63) is 34.9 Å². The molecule has 1 N–H and O–H groups in total. The highest BCUT2D eigenvalue weighted by Crippen LogP contribution is 2.17. The van der Waals surface area contributed by atoms with E-state index in [0.717, 1.165) is 19.5 Å². The van der Waals surface area contributed by atoms with Gasteiger partial charge in [0.2, 0.25) is 0 Å². The minimum atomic E-state index is -0.273. The van der Waals surface area contributed by atoms with Crippen LogP contribution in [0.3, 0.4) is 0 Å². The van der Waals surface area contributed by atoms with Crippen molar-refractivity contribution in [2.45, 2.75) is 26.4 Å². The summed E-state index contributed by atoms with van der Waals surface area (Å²) in [7, 11) is 0. The monoisotopic (exact) mass is 249 g/mol. The Bertz CT molecular complexity index is 418. The summed E-state index contributed by atoms with van der Waals surface area (Å²) < 4.78 is 10.4. The van der Waals surface area contributed by atoms with Crippen LogP contribution in [0.5, 0.6) is 0 Å². The fourth-order valence-electron chi connectivity index (χ4n) is 1.94. The topological polar surface area (TPSA) is 47.6 Å². The number of fused-ring (bicyclic) bond motifs is 1. The summed E-state index contributed by atoms with van der Waals surface area (Å²) in [6.07, 6.45) is 0.978. The first-order valence-corrected chi connectivity index (χ1v) is 6.38. The van der Waals surface area contributed by atoms with Crippen LogP contribution in [0.15, 0.2) is 18.2 Å². The van der Waals surface area contributed by atoms with Gasteiger partial charge in [-0.1, -0.05) is 13.0 Å². The highest BCUT2D eigenvalue weighted by Gasteiger charge is 2.14. The Labute approximate surface area is 107 Å². The fourth-order valence-corrected chi connectivity index (χ4v) is 1.94. The van der Waals surface area contributed by atoms with E-state index < -0.39 is 0 Å². The van der Waals surface area contributed by atoms with Crippen LogP contribution in [0, 0.1) is 0 Å². The Morgan fingerprint density at radius 3 is 2.89 bits per heavy atom. The number of carbonyl (C=O) groups excluding carboxylic acids is 1. The second-order valence-electron chi connectivity index (χ2n) is 4.34. The van der Waals surface area contributed by atoms with Gasteiger partial charge in [-0.05, 0) is 29.7 Å². The molecular formula is C14H19NO3. The summed E-state index contributed by atoms with van der Waals surface area (Å²) >= 11 is 0. The number of rotatable bonds is 6. The molecule has 1 aromatic rings. The molecule has 0 aromatic heterocycles. The molecule has 0 atom stereocenters. The van der Waals surface area contributed by atoms with Gasteiger partial charge in [0, 0.05) is 19.7 Å². The zero-order valence-corrected chi connectivity index (χ0v) is 10.7. The first-order chi connectivity index (χ1) is 8.81. The van der Waals surface area contributed by atoms with Crippen LogP contribution in [-0.2, 0) is 22.6 Å². The van der Waals surface area contributed by atoms with Crippen LogP contribution in [0.25, 0.3) is 0 Å². The average molecular weight is 249 g/mol. The van der Waals surface area contributed by atoms with Crippen LogP contribution in [0.2, 0.25) is 0 Å². The molecule has 2 rings (SSSR count). The van der Waals surface area contributed by atoms with E-state index >= 15 is 0 Å². The standard InChI is InChI=1S/C14H19NO3/c1-2-5-17-6-7-18-14(16)11-3-4-12-9-15-10-13(12)8-11/h3-4,8,15H,2,5-7,9-10H2,1H3. The van der Waals surface area contributed by atoms with Crippen molar-refractivity contribution in [2.24, 2.45) is 0 Å². The number of hydrogen-bond donors (Lipinski definition) is 1. The second-order valence-corrected chi connectivity index (χ2v) is 4.34. The Kier molecular flexibility index (Phi) is 4.73. The van der Waals surface area contributed by atoms with Crippen molar-refractivity contribution in [1.29, 1.82) is 0 Å². The van der Waals surface area contributed by atoms with E-state index in [1.807, 2.05) is 25.1 Å². The van der Waals surface area contributed by atoms with E-state index in [2.05, 4.69) is 5.32 Å². The van der Waals surface area contributed by atoms with Gasteiger partial charge >= 0.3 is 5.97 Å². The molecule has 4 heteroatoms. The predicted octanol–water partition coefficient (Wildman–Crippen LogP) is 1.87. The number of carbonyl (C=O) groups is 1. The summed E-state index contributed by atoms with van der Waals surface area (Å²) in [5.74, 6) is -0.273.